The zero-order valence-corrected chi connectivity index (χ0v) is 15.6. The monoisotopic (exact) mass is 378 g/mol. The Morgan fingerprint density at radius 2 is 1.96 bits per heavy atom. The van der Waals surface area contributed by atoms with Gasteiger partial charge in [0, 0.05) is 43.0 Å². The van der Waals surface area contributed by atoms with Crippen molar-refractivity contribution >= 4 is 34.0 Å². The predicted octanol–water partition coefficient (Wildman–Crippen LogP) is 3.92. The highest BCUT2D eigenvalue weighted by Crippen LogP contribution is 2.36. The van der Waals surface area contributed by atoms with Gasteiger partial charge in [-0.2, -0.15) is 15.0 Å². The summed E-state index contributed by atoms with van der Waals surface area (Å²) in [6.07, 6.45) is 7.88. The summed E-state index contributed by atoms with van der Waals surface area (Å²) < 4.78 is 16.5. The number of fused-ring (bicyclic) bond motifs is 2. The molecule has 0 aliphatic carbocycles. The lowest BCUT2D eigenvalue weighted by Gasteiger charge is -2.21. The summed E-state index contributed by atoms with van der Waals surface area (Å²) in [5, 5.41) is 17.5. The standard InChI is InChI=1S/C18H16BFN6S/c1-25-23-14-6-12(13(20)7-15(14)24-25)17-9-26-8-16(22-18(26)27-17)11-2-4-19(10-21)5-3-11/h6-9,11H,2-5H2,1H3. The SMILES string of the molecule is Cn1nc2cc(F)c(-c3cn4cc(C5CCB(C#N)CC5)nc4s3)cc2n1. The fraction of sp³-hybridized carbons (Fsp3) is 0.333. The fourth-order valence-electron chi connectivity index (χ4n) is 3.89. The van der Waals surface area contributed by atoms with Crippen molar-refractivity contribution in [1.29, 1.82) is 5.26 Å². The van der Waals surface area contributed by atoms with Gasteiger partial charge >= 0.3 is 0 Å². The van der Waals surface area contributed by atoms with E-state index in [4.69, 9.17) is 10.2 Å². The Labute approximate surface area is 159 Å². The second kappa shape index (κ2) is 6.17. The normalized spacial score (nSPS) is 15.7. The van der Waals surface area contributed by atoms with E-state index in [-0.39, 0.29) is 12.5 Å². The van der Waals surface area contributed by atoms with E-state index >= 15 is 0 Å². The molecule has 0 atom stereocenters. The van der Waals surface area contributed by atoms with Gasteiger partial charge in [-0.3, -0.25) is 4.40 Å². The molecular formula is C18H16BFN6S. The third-order valence-corrected chi connectivity index (χ3v) is 6.37. The third-order valence-electron chi connectivity index (χ3n) is 5.34. The minimum atomic E-state index is -0.303. The molecule has 1 aliphatic rings. The largest absolute Gasteiger partial charge is 0.297 e. The van der Waals surface area contributed by atoms with Crippen LogP contribution in [0.25, 0.3) is 26.4 Å². The van der Waals surface area contributed by atoms with E-state index in [0.29, 0.717) is 22.5 Å². The number of nitrogens with zero attached hydrogens (tertiary/aromatic N) is 6. The Kier molecular flexibility index (Phi) is 3.76. The van der Waals surface area contributed by atoms with Gasteiger partial charge in [-0.15, -0.1) is 0 Å². The molecule has 1 aromatic carbocycles. The lowest BCUT2D eigenvalue weighted by Crippen LogP contribution is -2.18. The Bertz CT molecular complexity index is 1160. The number of halogens is 1. The highest BCUT2D eigenvalue weighted by Gasteiger charge is 2.27. The van der Waals surface area contributed by atoms with Gasteiger partial charge in [-0.25, -0.2) is 14.6 Å². The Hall–Kier alpha value is -2.73. The topological polar surface area (TPSA) is 71.8 Å². The number of thiazole rings is 1. The summed E-state index contributed by atoms with van der Waals surface area (Å²) in [5.41, 5.74) is 2.83. The van der Waals surface area contributed by atoms with Gasteiger partial charge in [0.05, 0.1) is 10.6 Å². The van der Waals surface area contributed by atoms with Crippen molar-refractivity contribution in [2.45, 2.75) is 31.4 Å². The van der Waals surface area contributed by atoms with Crippen LogP contribution in [0.1, 0.15) is 24.5 Å². The van der Waals surface area contributed by atoms with Crippen molar-refractivity contribution < 1.29 is 4.39 Å². The molecule has 5 rings (SSSR count). The first-order valence-electron chi connectivity index (χ1n) is 8.99. The first kappa shape index (κ1) is 16.4. The number of imidazole rings is 1. The van der Waals surface area contributed by atoms with Crippen LogP contribution in [0, 0.1) is 17.0 Å². The molecule has 0 bridgehead atoms. The maximum atomic E-state index is 14.6. The van der Waals surface area contributed by atoms with Gasteiger partial charge in [0.25, 0.3) is 6.71 Å². The highest BCUT2D eigenvalue weighted by atomic mass is 32.1. The first-order valence-corrected chi connectivity index (χ1v) is 9.81. The summed E-state index contributed by atoms with van der Waals surface area (Å²) in [7, 11) is 1.72. The molecule has 0 unspecified atom stereocenters. The quantitative estimate of drug-likeness (QED) is 0.496. The van der Waals surface area contributed by atoms with Crippen LogP contribution in [0.3, 0.4) is 0 Å². The Morgan fingerprint density at radius 1 is 1.22 bits per heavy atom. The lowest BCUT2D eigenvalue weighted by molar-refractivity contribution is 0.598. The van der Waals surface area contributed by atoms with Crippen molar-refractivity contribution in [3.8, 4) is 16.4 Å². The van der Waals surface area contributed by atoms with Gasteiger partial charge in [0.15, 0.2) is 4.96 Å². The van der Waals surface area contributed by atoms with Gasteiger partial charge in [0.1, 0.15) is 16.9 Å². The number of rotatable bonds is 2. The summed E-state index contributed by atoms with van der Waals surface area (Å²) >= 11 is 1.47. The number of nitriles is 1. The van der Waals surface area contributed by atoms with Crippen LogP contribution in [0.4, 0.5) is 4.39 Å². The van der Waals surface area contributed by atoms with Crippen LogP contribution in [0.15, 0.2) is 24.5 Å². The molecule has 0 saturated carbocycles. The van der Waals surface area contributed by atoms with E-state index in [9.17, 15) is 4.39 Å². The zero-order valence-electron chi connectivity index (χ0n) is 14.8. The molecule has 27 heavy (non-hydrogen) atoms. The summed E-state index contributed by atoms with van der Waals surface area (Å²) in [5.74, 6) is 2.48. The van der Waals surface area contributed by atoms with Crippen LogP contribution in [0.5, 0.6) is 0 Å². The fourth-order valence-corrected chi connectivity index (χ4v) is 4.88. The molecule has 1 aliphatic heterocycles. The first-order chi connectivity index (χ1) is 13.1. The van der Waals surface area contributed by atoms with Crippen LogP contribution >= 0.6 is 11.3 Å². The number of hydrogen-bond donors (Lipinski definition) is 0. The Morgan fingerprint density at radius 3 is 2.67 bits per heavy atom. The van der Waals surface area contributed by atoms with Crippen molar-refractivity contribution in [2.75, 3.05) is 0 Å². The molecule has 9 heteroatoms. The number of hydrogen-bond acceptors (Lipinski definition) is 5. The van der Waals surface area contributed by atoms with E-state index in [1.54, 1.807) is 13.1 Å². The van der Waals surface area contributed by atoms with E-state index < -0.39 is 0 Å². The van der Waals surface area contributed by atoms with Crippen LogP contribution < -0.4 is 0 Å². The molecule has 3 aromatic heterocycles. The predicted molar refractivity (Wildman–Crippen MR) is 103 cm³/mol. The molecule has 0 amide bonds. The van der Waals surface area contributed by atoms with Crippen LogP contribution in [0.2, 0.25) is 12.6 Å². The van der Waals surface area contributed by atoms with Gasteiger partial charge in [-0.1, -0.05) is 36.8 Å². The van der Waals surface area contributed by atoms with Gasteiger partial charge in [0.2, 0.25) is 0 Å². The molecule has 4 aromatic rings. The average molecular weight is 378 g/mol. The van der Waals surface area contributed by atoms with Gasteiger partial charge in [-0.05, 0) is 6.07 Å². The maximum Gasteiger partial charge on any atom is 0.267 e. The summed E-state index contributed by atoms with van der Waals surface area (Å²) in [4.78, 5) is 7.90. The van der Waals surface area contributed by atoms with Crippen molar-refractivity contribution in [2.24, 2.45) is 7.05 Å². The molecule has 1 fully saturated rings. The summed E-state index contributed by atoms with van der Waals surface area (Å²) in [6, 6.07) is 3.17. The molecular weight excluding hydrogens is 362 g/mol. The minimum absolute atomic E-state index is 0.190. The minimum Gasteiger partial charge on any atom is -0.297 e. The second-order valence-corrected chi connectivity index (χ2v) is 8.15. The molecule has 0 spiro atoms. The summed E-state index contributed by atoms with van der Waals surface area (Å²) in [6.45, 7) is 0.190. The molecule has 134 valence electrons. The zero-order chi connectivity index (χ0) is 18.5. The molecule has 6 nitrogen and oxygen atoms in total. The third kappa shape index (κ3) is 2.81. The Balaban J connectivity index is 1.47. The average Bonchev–Trinajstić information content (AvgIpc) is 3.32. The van der Waals surface area contributed by atoms with E-state index in [2.05, 4.69) is 16.2 Å². The van der Waals surface area contributed by atoms with Gasteiger partial charge < -0.3 is 0 Å². The highest BCUT2D eigenvalue weighted by molar-refractivity contribution is 7.20. The van der Waals surface area contributed by atoms with Crippen LogP contribution in [-0.2, 0) is 7.05 Å². The molecule has 4 heterocycles. The van der Waals surface area contributed by atoms with Crippen molar-refractivity contribution in [1.82, 2.24) is 24.4 Å². The van der Waals surface area contributed by atoms with Crippen LogP contribution in [-0.4, -0.2) is 31.1 Å². The smallest absolute Gasteiger partial charge is 0.267 e. The lowest BCUT2D eigenvalue weighted by atomic mass is 9.41. The van der Waals surface area contributed by atoms with Crippen molar-refractivity contribution in [3.05, 3.63) is 36.0 Å². The number of aromatic nitrogens is 5. The van der Waals surface area contributed by atoms with E-state index in [1.807, 2.05) is 16.8 Å². The number of aryl methyl sites for hydroxylation is 1. The molecule has 0 N–H and O–H groups in total. The number of benzene rings is 1. The van der Waals surface area contributed by atoms with Crippen molar-refractivity contribution in [3.63, 3.8) is 0 Å². The van der Waals surface area contributed by atoms with E-state index in [0.717, 1.165) is 41.0 Å². The molecule has 1 saturated heterocycles. The molecule has 0 radical (unpaired) electrons. The van der Waals surface area contributed by atoms with E-state index in [1.165, 1.54) is 22.2 Å². The second-order valence-electron chi connectivity index (χ2n) is 7.14. The maximum absolute atomic E-state index is 14.6.